The number of fused-ring (bicyclic) bond motifs is 3. The van der Waals surface area contributed by atoms with E-state index in [2.05, 4.69) is 0 Å². The van der Waals surface area contributed by atoms with Gasteiger partial charge < -0.3 is 4.90 Å². The van der Waals surface area contributed by atoms with Crippen molar-refractivity contribution in [2.75, 3.05) is 13.1 Å². The molecule has 0 N–H and O–H groups in total. The number of nitrogens with zero attached hydrogens (tertiary/aromatic N) is 1. The quantitative estimate of drug-likeness (QED) is 0.396. The predicted molar refractivity (Wildman–Crippen MR) is 111 cm³/mol. The highest BCUT2D eigenvalue weighted by atomic mass is 32.2. The third-order valence-electron chi connectivity index (χ3n) is 7.08. The zero-order valence-corrected chi connectivity index (χ0v) is 19.4. The number of hydrogen-bond donors (Lipinski definition) is 0. The zero-order valence-electron chi connectivity index (χ0n) is 18.6. The third-order valence-corrected chi connectivity index (χ3v) is 9.61. The van der Waals surface area contributed by atoms with Gasteiger partial charge in [-0.3, -0.25) is 4.79 Å². The molecule has 0 saturated carbocycles. The smallest absolute Gasteiger partial charge is 0.341 e. The van der Waals surface area contributed by atoms with Crippen molar-refractivity contribution in [1.82, 2.24) is 4.90 Å². The van der Waals surface area contributed by atoms with Crippen molar-refractivity contribution in [3.05, 3.63) is 65.0 Å². The molecule has 1 amide bonds. The fourth-order valence-corrected chi connectivity index (χ4v) is 7.64. The molecule has 0 bridgehead atoms. The van der Waals surface area contributed by atoms with Crippen molar-refractivity contribution >= 4 is 15.7 Å². The Morgan fingerprint density at radius 2 is 1.56 bits per heavy atom. The van der Waals surface area contributed by atoms with Crippen LogP contribution in [0, 0.1) is 11.7 Å². The highest BCUT2D eigenvalue weighted by Crippen LogP contribution is 2.56. The van der Waals surface area contributed by atoms with Crippen LogP contribution in [0.25, 0.3) is 0 Å². The van der Waals surface area contributed by atoms with Crippen molar-refractivity contribution in [3.8, 4) is 0 Å². The lowest BCUT2D eigenvalue weighted by atomic mass is 9.75. The van der Waals surface area contributed by atoms with E-state index in [4.69, 9.17) is 0 Å². The standard InChI is InChI=1S/C23H19F8NO3S/c1-13(33)32-11-16-3-2-14-10-15(21(25,22(26,27)28)23(29,30)31)4-9-19(14)20(16,12-32)36(34,35)18-7-5-17(24)6-8-18/h4-10,16H,2-3,11-12H2,1H3. The minimum atomic E-state index is -6.33. The van der Waals surface area contributed by atoms with Crippen LogP contribution in [0.1, 0.15) is 30.0 Å². The fourth-order valence-electron chi connectivity index (χ4n) is 5.28. The Balaban J connectivity index is 1.96. The lowest BCUT2D eigenvalue weighted by molar-refractivity contribution is -0.348. The number of halogens is 8. The van der Waals surface area contributed by atoms with E-state index in [1.54, 1.807) is 0 Å². The number of carbonyl (C=O) groups excluding carboxylic acids is 1. The Labute approximate surface area is 200 Å². The van der Waals surface area contributed by atoms with Crippen molar-refractivity contribution in [1.29, 1.82) is 0 Å². The number of likely N-dealkylation sites (tertiary alicyclic amines) is 1. The van der Waals surface area contributed by atoms with E-state index in [0.717, 1.165) is 30.3 Å². The molecule has 2 atom stereocenters. The molecule has 36 heavy (non-hydrogen) atoms. The molecule has 2 aromatic carbocycles. The maximum atomic E-state index is 14.7. The maximum Gasteiger partial charge on any atom is 0.435 e. The SMILES string of the molecule is CC(=O)N1CC2CCc3cc(C(F)(C(F)(F)F)C(F)(F)F)ccc3C2(S(=O)(=O)c2ccc(F)cc2)C1. The van der Waals surface area contributed by atoms with Crippen LogP contribution in [0.3, 0.4) is 0 Å². The van der Waals surface area contributed by atoms with Gasteiger partial charge in [-0.2, -0.15) is 26.3 Å². The summed E-state index contributed by atoms with van der Waals surface area (Å²) in [5.74, 6) is -1.96. The minimum absolute atomic E-state index is 0.00200. The van der Waals surface area contributed by atoms with Gasteiger partial charge in [-0.05, 0) is 48.2 Å². The van der Waals surface area contributed by atoms with Gasteiger partial charge in [0.25, 0.3) is 0 Å². The van der Waals surface area contributed by atoms with E-state index in [9.17, 15) is 48.3 Å². The Morgan fingerprint density at radius 3 is 2.08 bits per heavy atom. The van der Waals surface area contributed by atoms with Crippen molar-refractivity contribution in [2.24, 2.45) is 5.92 Å². The van der Waals surface area contributed by atoms with Crippen LogP contribution < -0.4 is 0 Å². The molecule has 1 fully saturated rings. The molecule has 0 radical (unpaired) electrons. The van der Waals surface area contributed by atoms with Crippen LogP contribution in [0.2, 0.25) is 0 Å². The average molecular weight is 541 g/mol. The molecule has 2 aromatic rings. The number of benzene rings is 2. The first-order chi connectivity index (χ1) is 16.5. The summed E-state index contributed by atoms with van der Waals surface area (Å²) >= 11 is 0. The zero-order chi connectivity index (χ0) is 26.9. The Bertz CT molecular complexity index is 1290. The summed E-state index contributed by atoms with van der Waals surface area (Å²) in [6.45, 7) is 0.761. The van der Waals surface area contributed by atoms with Crippen molar-refractivity contribution < 1.29 is 48.3 Å². The molecular formula is C23H19F8NO3S. The maximum absolute atomic E-state index is 14.7. The van der Waals surface area contributed by atoms with Gasteiger partial charge in [0, 0.05) is 31.5 Å². The number of hydrogen-bond acceptors (Lipinski definition) is 3. The fraction of sp³-hybridized carbons (Fsp3) is 0.435. The van der Waals surface area contributed by atoms with Gasteiger partial charge in [0.15, 0.2) is 9.84 Å². The largest absolute Gasteiger partial charge is 0.435 e. The van der Waals surface area contributed by atoms with E-state index < -0.39 is 62.4 Å². The molecule has 1 saturated heterocycles. The lowest BCUT2D eigenvalue weighted by Gasteiger charge is -2.40. The van der Waals surface area contributed by atoms with Crippen molar-refractivity contribution in [2.45, 2.75) is 47.4 Å². The Kier molecular flexibility index (Phi) is 5.97. The number of carbonyl (C=O) groups is 1. The Morgan fingerprint density at radius 1 is 0.972 bits per heavy atom. The summed E-state index contributed by atoms with van der Waals surface area (Å²) in [5, 5.41) is 0. The summed E-state index contributed by atoms with van der Waals surface area (Å²) in [4.78, 5) is 13.0. The van der Waals surface area contributed by atoms with Crippen LogP contribution >= 0.6 is 0 Å². The van der Waals surface area contributed by atoms with Crippen LogP contribution in [-0.4, -0.2) is 44.7 Å². The van der Waals surface area contributed by atoms with E-state index >= 15 is 0 Å². The minimum Gasteiger partial charge on any atom is -0.341 e. The molecule has 196 valence electrons. The molecule has 1 aliphatic heterocycles. The summed E-state index contributed by atoms with van der Waals surface area (Å²) in [6, 6.07) is 5.25. The van der Waals surface area contributed by atoms with Gasteiger partial charge in [-0.25, -0.2) is 17.2 Å². The van der Waals surface area contributed by atoms with Gasteiger partial charge >= 0.3 is 18.0 Å². The van der Waals surface area contributed by atoms with Crippen LogP contribution in [0.5, 0.6) is 0 Å². The summed E-state index contributed by atoms with van der Waals surface area (Å²) in [7, 11) is -4.46. The molecule has 1 aliphatic carbocycles. The van der Waals surface area contributed by atoms with Crippen LogP contribution in [0.15, 0.2) is 47.4 Å². The highest BCUT2D eigenvalue weighted by Gasteiger charge is 2.73. The molecule has 4 nitrogen and oxygen atoms in total. The first-order valence-electron chi connectivity index (χ1n) is 10.7. The number of amides is 1. The van der Waals surface area contributed by atoms with Gasteiger partial charge in [0.2, 0.25) is 5.91 Å². The monoisotopic (exact) mass is 541 g/mol. The summed E-state index contributed by atoms with van der Waals surface area (Å²) < 4.78 is 134. The number of sulfone groups is 1. The lowest BCUT2D eigenvalue weighted by Crippen LogP contribution is -2.51. The first-order valence-corrected chi connectivity index (χ1v) is 12.2. The first kappa shape index (κ1) is 26.4. The summed E-state index contributed by atoms with van der Waals surface area (Å²) in [5.41, 5.74) is -7.69. The van der Waals surface area contributed by atoms with E-state index in [1.807, 2.05) is 0 Å². The van der Waals surface area contributed by atoms with E-state index in [-0.39, 0.29) is 35.4 Å². The average Bonchev–Trinajstić information content (AvgIpc) is 3.19. The number of aryl methyl sites for hydroxylation is 1. The van der Waals surface area contributed by atoms with E-state index in [1.165, 1.54) is 11.8 Å². The van der Waals surface area contributed by atoms with Gasteiger partial charge in [-0.15, -0.1) is 0 Å². The molecule has 1 heterocycles. The second kappa shape index (κ2) is 8.15. The van der Waals surface area contributed by atoms with Crippen LogP contribution in [0.4, 0.5) is 35.1 Å². The normalized spacial score (nSPS) is 22.8. The number of rotatable bonds is 3. The van der Waals surface area contributed by atoms with Gasteiger partial charge in [0.05, 0.1) is 4.90 Å². The Hall–Kier alpha value is -2.70. The second-order valence-corrected chi connectivity index (χ2v) is 11.2. The highest BCUT2D eigenvalue weighted by molar-refractivity contribution is 7.92. The van der Waals surface area contributed by atoms with Gasteiger partial charge in [0.1, 0.15) is 10.6 Å². The topological polar surface area (TPSA) is 54.5 Å². The molecule has 2 unspecified atom stereocenters. The molecule has 0 aromatic heterocycles. The molecule has 2 aliphatic rings. The molecule has 4 rings (SSSR count). The van der Waals surface area contributed by atoms with Crippen LogP contribution in [-0.2, 0) is 31.5 Å². The third kappa shape index (κ3) is 3.60. The predicted octanol–water partition coefficient (Wildman–Crippen LogP) is 5.21. The molecular weight excluding hydrogens is 522 g/mol. The van der Waals surface area contributed by atoms with Crippen molar-refractivity contribution in [3.63, 3.8) is 0 Å². The number of alkyl halides is 7. The molecule has 13 heteroatoms. The van der Waals surface area contributed by atoms with E-state index in [0.29, 0.717) is 12.1 Å². The molecule has 0 spiro atoms. The summed E-state index contributed by atoms with van der Waals surface area (Å²) in [6.07, 6.45) is -12.8. The van der Waals surface area contributed by atoms with Gasteiger partial charge in [-0.1, -0.05) is 18.2 Å². The second-order valence-electron chi connectivity index (χ2n) is 9.01.